The van der Waals surface area contributed by atoms with E-state index in [9.17, 15) is 4.79 Å². The summed E-state index contributed by atoms with van der Waals surface area (Å²) in [6, 6.07) is 12.0. The summed E-state index contributed by atoms with van der Waals surface area (Å²) in [5.74, 6) is 0.0359. The van der Waals surface area contributed by atoms with Crippen molar-refractivity contribution in [3.05, 3.63) is 35.9 Å². The average Bonchev–Trinajstić information content (AvgIpc) is 2.39. The summed E-state index contributed by atoms with van der Waals surface area (Å²) in [4.78, 5) is 11.3. The molecule has 0 aliphatic carbocycles. The highest BCUT2D eigenvalue weighted by Gasteiger charge is 2.10. The first-order chi connectivity index (χ1) is 8.77. The van der Waals surface area contributed by atoms with Gasteiger partial charge in [-0.2, -0.15) is 5.26 Å². The Morgan fingerprint density at radius 1 is 1.39 bits per heavy atom. The molecule has 1 amide bonds. The molecule has 0 heterocycles. The summed E-state index contributed by atoms with van der Waals surface area (Å²) in [6.07, 6.45) is 0.835. The normalized spacial score (nSPS) is 11.6. The van der Waals surface area contributed by atoms with Crippen molar-refractivity contribution >= 4 is 5.91 Å². The van der Waals surface area contributed by atoms with E-state index in [2.05, 4.69) is 16.7 Å². The second-order valence-electron chi connectivity index (χ2n) is 3.98. The van der Waals surface area contributed by atoms with E-state index in [4.69, 9.17) is 5.26 Å². The van der Waals surface area contributed by atoms with Gasteiger partial charge in [-0.1, -0.05) is 30.3 Å². The van der Waals surface area contributed by atoms with E-state index in [0.29, 0.717) is 25.9 Å². The number of nitrogens with one attached hydrogen (secondary N) is 2. The van der Waals surface area contributed by atoms with Crippen LogP contribution in [0.25, 0.3) is 0 Å². The number of rotatable bonds is 7. The molecule has 1 unspecified atom stereocenters. The Kier molecular flexibility index (Phi) is 6.52. The van der Waals surface area contributed by atoms with E-state index in [0.717, 1.165) is 5.56 Å². The van der Waals surface area contributed by atoms with Gasteiger partial charge < -0.3 is 10.6 Å². The minimum Gasteiger partial charge on any atom is -0.356 e. The van der Waals surface area contributed by atoms with Crippen LogP contribution >= 0.6 is 0 Å². The number of amides is 1. The fraction of sp³-hybridized carbons (Fsp3) is 0.429. The van der Waals surface area contributed by atoms with Crippen molar-refractivity contribution in [1.29, 1.82) is 5.26 Å². The third-order valence-electron chi connectivity index (χ3n) is 2.61. The Hall–Kier alpha value is -1.86. The molecule has 1 aromatic rings. The van der Waals surface area contributed by atoms with Gasteiger partial charge in [0.05, 0.1) is 12.5 Å². The molecular weight excluding hydrogens is 226 g/mol. The molecule has 1 atom stereocenters. The van der Waals surface area contributed by atoms with Crippen LogP contribution in [0.5, 0.6) is 0 Å². The molecule has 2 N–H and O–H groups in total. The third kappa shape index (κ3) is 4.98. The Morgan fingerprint density at radius 2 is 2.11 bits per heavy atom. The molecule has 1 aromatic carbocycles. The molecule has 0 radical (unpaired) electrons. The molecule has 0 aliphatic heterocycles. The van der Waals surface area contributed by atoms with Crippen LogP contribution in [-0.4, -0.2) is 19.0 Å². The molecule has 0 aromatic heterocycles. The van der Waals surface area contributed by atoms with Gasteiger partial charge in [0, 0.05) is 25.6 Å². The highest BCUT2D eigenvalue weighted by Crippen LogP contribution is 2.15. The van der Waals surface area contributed by atoms with Crippen molar-refractivity contribution in [1.82, 2.24) is 10.6 Å². The molecule has 1 rings (SSSR count). The smallest absolute Gasteiger partial charge is 0.221 e. The quantitative estimate of drug-likeness (QED) is 0.769. The minimum atomic E-state index is -0.00868. The van der Waals surface area contributed by atoms with Crippen LogP contribution < -0.4 is 10.6 Å². The van der Waals surface area contributed by atoms with Crippen molar-refractivity contribution in [2.75, 3.05) is 13.1 Å². The van der Waals surface area contributed by atoms with Crippen LogP contribution in [0.15, 0.2) is 30.3 Å². The first kappa shape index (κ1) is 14.2. The zero-order valence-electron chi connectivity index (χ0n) is 10.6. The zero-order chi connectivity index (χ0) is 13.2. The summed E-state index contributed by atoms with van der Waals surface area (Å²) < 4.78 is 0. The van der Waals surface area contributed by atoms with E-state index in [1.165, 1.54) is 0 Å². The molecule has 0 saturated carbocycles. The zero-order valence-corrected chi connectivity index (χ0v) is 10.6. The Morgan fingerprint density at radius 3 is 2.72 bits per heavy atom. The number of carbonyl (C=O) groups is 1. The number of hydrogen-bond donors (Lipinski definition) is 2. The fourth-order valence-corrected chi connectivity index (χ4v) is 1.73. The van der Waals surface area contributed by atoms with Gasteiger partial charge >= 0.3 is 0 Å². The van der Waals surface area contributed by atoms with E-state index in [1.54, 1.807) is 0 Å². The van der Waals surface area contributed by atoms with E-state index in [-0.39, 0.29) is 11.9 Å². The van der Waals surface area contributed by atoms with E-state index in [1.807, 2.05) is 37.3 Å². The van der Waals surface area contributed by atoms with Crippen LogP contribution in [0.4, 0.5) is 0 Å². The summed E-state index contributed by atoms with van der Waals surface area (Å²) in [5, 5.41) is 14.8. The van der Waals surface area contributed by atoms with Crippen LogP contribution in [0.1, 0.15) is 31.4 Å². The van der Waals surface area contributed by atoms with Gasteiger partial charge in [-0.3, -0.25) is 4.79 Å². The van der Waals surface area contributed by atoms with Crippen molar-refractivity contribution in [3.8, 4) is 6.07 Å². The topological polar surface area (TPSA) is 64.9 Å². The predicted octanol–water partition coefficient (Wildman–Crippen LogP) is 1.76. The van der Waals surface area contributed by atoms with Crippen molar-refractivity contribution in [2.24, 2.45) is 0 Å². The molecule has 0 saturated heterocycles. The molecule has 18 heavy (non-hydrogen) atoms. The number of nitrogens with zero attached hydrogens (tertiary/aromatic N) is 1. The maximum absolute atomic E-state index is 11.3. The second-order valence-corrected chi connectivity index (χ2v) is 3.98. The highest BCUT2D eigenvalue weighted by molar-refractivity contribution is 5.75. The van der Waals surface area contributed by atoms with Gasteiger partial charge in [-0.25, -0.2) is 0 Å². The predicted molar refractivity (Wildman–Crippen MR) is 70.7 cm³/mol. The molecule has 0 aliphatic rings. The Bertz CT molecular complexity index is 397. The summed E-state index contributed by atoms with van der Waals surface area (Å²) in [6.45, 7) is 3.12. The number of nitriles is 1. The minimum absolute atomic E-state index is 0.00868. The highest BCUT2D eigenvalue weighted by atomic mass is 16.1. The first-order valence-corrected chi connectivity index (χ1v) is 6.20. The lowest BCUT2D eigenvalue weighted by molar-refractivity contribution is -0.120. The van der Waals surface area contributed by atoms with Crippen LogP contribution in [0.2, 0.25) is 0 Å². The standard InChI is InChI=1S/C14H19N3O/c1-2-16-14(18)9-11-17-13(8-10-15)12-6-4-3-5-7-12/h3-7,13,17H,2,8-9,11H2,1H3,(H,16,18). The largest absolute Gasteiger partial charge is 0.356 e. The average molecular weight is 245 g/mol. The molecule has 96 valence electrons. The van der Waals surface area contributed by atoms with Gasteiger partial charge in [-0.15, -0.1) is 0 Å². The van der Waals surface area contributed by atoms with Gasteiger partial charge in [0.15, 0.2) is 0 Å². The maximum atomic E-state index is 11.3. The molecule has 0 bridgehead atoms. The van der Waals surface area contributed by atoms with Crippen LogP contribution in [0.3, 0.4) is 0 Å². The molecule has 0 fully saturated rings. The lowest BCUT2D eigenvalue weighted by atomic mass is 10.0. The van der Waals surface area contributed by atoms with Gasteiger partial charge in [0.25, 0.3) is 0 Å². The number of benzene rings is 1. The number of hydrogen-bond acceptors (Lipinski definition) is 3. The fourth-order valence-electron chi connectivity index (χ4n) is 1.73. The lowest BCUT2D eigenvalue weighted by Crippen LogP contribution is -2.29. The SMILES string of the molecule is CCNC(=O)CCNC(CC#N)c1ccccc1. The van der Waals surface area contributed by atoms with Gasteiger partial charge in [0.1, 0.15) is 0 Å². The van der Waals surface area contributed by atoms with Gasteiger partial charge in [0.2, 0.25) is 5.91 Å². The third-order valence-corrected chi connectivity index (χ3v) is 2.61. The van der Waals surface area contributed by atoms with E-state index < -0.39 is 0 Å². The number of carbonyl (C=O) groups excluding carboxylic acids is 1. The summed E-state index contributed by atoms with van der Waals surface area (Å²) in [7, 11) is 0. The van der Waals surface area contributed by atoms with Crippen LogP contribution in [0, 0.1) is 11.3 Å². The summed E-state index contributed by atoms with van der Waals surface area (Å²) >= 11 is 0. The Labute approximate surface area is 108 Å². The van der Waals surface area contributed by atoms with Crippen molar-refractivity contribution < 1.29 is 4.79 Å². The van der Waals surface area contributed by atoms with E-state index >= 15 is 0 Å². The monoisotopic (exact) mass is 245 g/mol. The molecular formula is C14H19N3O. The molecule has 4 heteroatoms. The van der Waals surface area contributed by atoms with Crippen molar-refractivity contribution in [3.63, 3.8) is 0 Å². The Balaban J connectivity index is 2.45. The summed E-state index contributed by atoms with van der Waals surface area (Å²) in [5.41, 5.74) is 1.08. The maximum Gasteiger partial charge on any atom is 0.221 e. The van der Waals surface area contributed by atoms with Crippen molar-refractivity contribution in [2.45, 2.75) is 25.8 Å². The lowest BCUT2D eigenvalue weighted by Gasteiger charge is -2.16. The first-order valence-electron chi connectivity index (χ1n) is 6.20. The molecule has 0 spiro atoms. The van der Waals surface area contributed by atoms with Gasteiger partial charge in [-0.05, 0) is 12.5 Å². The second kappa shape index (κ2) is 8.26. The van der Waals surface area contributed by atoms with Crippen LogP contribution in [-0.2, 0) is 4.79 Å². The molecule has 4 nitrogen and oxygen atoms in total.